The molecule has 0 spiro atoms. The zero-order valence-corrected chi connectivity index (χ0v) is 10.8. The molecular formula is C10H12BrNO2S. The number of hydrogen-bond acceptors (Lipinski definition) is 2. The third-order valence-corrected chi connectivity index (χ3v) is 5.32. The molecule has 0 radical (unpaired) electrons. The van der Waals surface area contributed by atoms with Crippen molar-refractivity contribution in [3.63, 3.8) is 0 Å². The van der Waals surface area contributed by atoms with E-state index in [1.165, 1.54) is 4.31 Å². The van der Waals surface area contributed by atoms with Gasteiger partial charge in [0.15, 0.2) is 0 Å². The van der Waals surface area contributed by atoms with Crippen molar-refractivity contribution < 1.29 is 8.42 Å². The number of nitrogens with zero attached hydrogens (tertiary/aromatic N) is 1. The van der Waals surface area contributed by atoms with Crippen LogP contribution in [0, 0.1) is 6.92 Å². The molecule has 0 saturated carbocycles. The molecule has 0 N–H and O–H groups in total. The first-order valence-electron chi connectivity index (χ1n) is 4.78. The number of anilines is 1. The van der Waals surface area contributed by atoms with Crippen molar-refractivity contribution in [2.75, 3.05) is 16.6 Å². The average Bonchev–Trinajstić information content (AvgIpc) is 2.50. The van der Waals surface area contributed by atoms with Crippen LogP contribution < -0.4 is 4.31 Å². The van der Waals surface area contributed by atoms with Gasteiger partial charge in [-0.25, -0.2) is 8.42 Å². The van der Waals surface area contributed by atoms with Crippen LogP contribution in [0.4, 0.5) is 5.69 Å². The third-order valence-electron chi connectivity index (χ3n) is 2.61. The summed E-state index contributed by atoms with van der Waals surface area (Å²) in [5, 5.41) is 0. The largest absolute Gasteiger partial charge is 0.270 e. The van der Waals surface area contributed by atoms with Crippen molar-refractivity contribution in [2.45, 2.75) is 13.3 Å². The fourth-order valence-electron chi connectivity index (χ4n) is 1.78. The number of sulfonamides is 1. The van der Waals surface area contributed by atoms with E-state index in [0.717, 1.165) is 15.7 Å². The molecule has 1 saturated heterocycles. The summed E-state index contributed by atoms with van der Waals surface area (Å²) in [6, 6.07) is 5.63. The van der Waals surface area contributed by atoms with Crippen LogP contribution in [-0.4, -0.2) is 20.7 Å². The predicted octanol–water partition coefficient (Wildman–Crippen LogP) is 2.30. The third kappa shape index (κ3) is 1.90. The zero-order chi connectivity index (χ0) is 11.1. The minimum absolute atomic E-state index is 0.263. The minimum atomic E-state index is -3.07. The summed E-state index contributed by atoms with van der Waals surface area (Å²) in [6.45, 7) is 2.52. The molecule has 1 aliphatic heterocycles. The van der Waals surface area contributed by atoms with Gasteiger partial charge in [-0.2, -0.15) is 0 Å². The first kappa shape index (κ1) is 11.0. The number of halogens is 1. The van der Waals surface area contributed by atoms with E-state index in [1.807, 2.05) is 25.1 Å². The highest BCUT2D eigenvalue weighted by Gasteiger charge is 2.29. The van der Waals surface area contributed by atoms with E-state index in [0.29, 0.717) is 13.0 Å². The lowest BCUT2D eigenvalue weighted by atomic mass is 10.2. The summed E-state index contributed by atoms with van der Waals surface area (Å²) in [5.41, 5.74) is 1.77. The SMILES string of the molecule is Cc1c(Br)cccc1N1CCCS1(=O)=O. The second kappa shape index (κ2) is 3.79. The highest BCUT2D eigenvalue weighted by atomic mass is 79.9. The maximum atomic E-state index is 11.7. The van der Waals surface area contributed by atoms with E-state index in [1.54, 1.807) is 0 Å². The molecule has 5 heteroatoms. The van der Waals surface area contributed by atoms with Crippen molar-refractivity contribution in [3.05, 3.63) is 28.2 Å². The Morgan fingerprint density at radius 1 is 1.40 bits per heavy atom. The highest BCUT2D eigenvalue weighted by Crippen LogP contribution is 2.31. The summed E-state index contributed by atoms with van der Waals surface area (Å²) in [6.07, 6.45) is 0.717. The smallest absolute Gasteiger partial charge is 0.235 e. The summed E-state index contributed by atoms with van der Waals surface area (Å²) < 4.78 is 25.9. The lowest BCUT2D eigenvalue weighted by Gasteiger charge is -2.19. The topological polar surface area (TPSA) is 37.4 Å². The van der Waals surface area contributed by atoms with Gasteiger partial charge in [-0.3, -0.25) is 4.31 Å². The predicted molar refractivity (Wildman–Crippen MR) is 64.6 cm³/mol. The van der Waals surface area contributed by atoms with Crippen molar-refractivity contribution in [2.24, 2.45) is 0 Å². The Balaban J connectivity index is 2.51. The molecule has 0 unspecified atom stereocenters. The lowest BCUT2D eigenvalue weighted by Crippen LogP contribution is -2.25. The van der Waals surface area contributed by atoms with Crippen LogP contribution in [0.3, 0.4) is 0 Å². The lowest BCUT2D eigenvalue weighted by molar-refractivity contribution is 0.599. The molecule has 1 aromatic rings. The maximum absolute atomic E-state index is 11.7. The van der Waals surface area contributed by atoms with E-state index in [4.69, 9.17) is 0 Å². The van der Waals surface area contributed by atoms with E-state index in [-0.39, 0.29) is 5.75 Å². The van der Waals surface area contributed by atoms with E-state index < -0.39 is 10.0 Å². The molecule has 15 heavy (non-hydrogen) atoms. The first-order chi connectivity index (χ1) is 7.02. The molecule has 2 rings (SSSR count). The van der Waals surface area contributed by atoms with Crippen molar-refractivity contribution in [3.8, 4) is 0 Å². The molecule has 1 aliphatic rings. The Morgan fingerprint density at radius 3 is 2.73 bits per heavy atom. The average molecular weight is 290 g/mol. The molecular weight excluding hydrogens is 278 g/mol. The molecule has 0 aromatic heterocycles. The Kier molecular flexibility index (Phi) is 2.77. The van der Waals surface area contributed by atoms with Gasteiger partial charge in [-0.05, 0) is 31.0 Å². The van der Waals surface area contributed by atoms with Gasteiger partial charge in [0, 0.05) is 11.0 Å². The molecule has 1 heterocycles. The monoisotopic (exact) mass is 289 g/mol. The van der Waals surface area contributed by atoms with Crippen LogP contribution in [0.2, 0.25) is 0 Å². The normalized spacial score (nSPS) is 19.5. The summed E-state index contributed by atoms with van der Waals surface area (Å²) in [7, 11) is -3.07. The van der Waals surface area contributed by atoms with Crippen LogP contribution in [0.5, 0.6) is 0 Å². The number of rotatable bonds is 1. The Hall–Kier alpha value is -0.550. The summed E-state index contributed by atoms with van der Waals surface area (Å²) in [5.74, 6) is 0.263. The first-order valence-corrected chi connectivity index (χ1v) is 7.18. The van der Waals surface area contributed by atoms with E-state index in [9.17, 15) is 8.42 Å². The minimum Gasteiger partial charge on any atom is -0.270 e. The van der Waals surface area contributed by atoms with Gasteiger partial charge in [0.25, 0.3) is 0 Å². The zero-order valence-electron chi connectivity index (χ0n) is 8.40. The van der Waals surface area contributed by atoms with Gasteiger partial charge in [-0.1, -0.05) is 22.0 Å². The standard InChI is InChI=1S/C10H12BrNO2S/c1-8-9(11)4-2-5-10(8)12-6-3-7-15(12,13)14/h2,4-5H,3,6-7H2,1H3. The molecule has 0 aliphatic carbocycles. The molecule has 0 atom stereocenters. The summed E-state index contributed by atoms with van der Waals surface area (Å²) >= 11 is 3.41. The van der Waals surface area contributed by atoms with Gasteiger partial charge < -0.3 is 0 Å². The van der Waals surface area contributed by atoms with E-state index >= 15 is 0 Å². The highest BCUT2D eigenvalue weighted by molar-refractivity contribution is 9.10. The number of benzene rings is 1. The molecule has 3 nitrogen and oxygen atoms in total. The van der Waals surface area contributed by atoms with Gasteiger partial charge in [0.05, 0.1) is 11.4 Å². The van der Waals surface area contributed by atoms with Crippen LogP contribution in [0.15, 0.2) is 22.7 Å². The fraction of sp³-hybridized carbons (Fsp3) is 0.400. The van der Waals surface area contributed by atoms with Gasteiger partial charge in [0.2, 0.25) is 10.0 Å². The number of hydrogen-bond donors (Lipinski definition) is 0. The van der Waals surface area contributed by atoms with Crippen molar-refractivity contribution in [1.82, 2.24) is 0 Å². The van der Waals surface area contributed by atoms with Crippen molar-refractivity contribution >= 4 is 31.6 Å². The van der Waals surface area contributed by atoms with Gasteiger partial charge in [-0.15, -0.1) is 0 Å². The molecule has 1 fully saturated rings. The van der Waals surface area contributed by atoms with Crippen molar-refractivity contribution in [1.29, 1.82) is 0 Å². The molecule has 0 bridgehead atoms. The second-order valence-corrected chi connectivity index (χ2v) is 6.49. The van der Waals surface area contributed by atoms with E-state index in [2.05, 4.69) is 15.9 Å². The fourth-order valence-corrected chi connectivity index (χ4v) is 3.75. The Labute approximate surface area is 98.3 Å². The second-order valence-electron chi connectivity index (χ2n) is 3.63. The van der Waals surface area contributed by atoms with Crippen LogP contribution >= 0.6 is 15.9 Å². The molecule has 0 amide bonds. The quantitative estimate of drug-likeness (QED) is 0.796. The Morgan fingerprint density at radius 2 is 2.13 bits per heavy atom. The van der Waals surface area contributed by atoms with Crippen LogP contribution in [0.1, 0.15) is 12.0 Å². The van der Waals surface area contributed by atoms with Gasteiger partial charge in [0.1, 0.15) is 0 Å². The van der Waals surface area contributed by atoms with Crippen LogP contribution in [0.25, 0.3) is 0 Å². The Bertz CT molecular complexity index is 484. The summed E-state index contributed by atoms with van der Waals surface area (Å²) in [4.78, 5) is 0. The molecule has 82 valence electrons. The maximum Gasteiger partial charge on any atom is 0.235 e. The molecule has 1 aromatic carbocycles. The van der Waals surface area contributed by atoms with Crippen LogP contribution in [-0.2, 0) is 10.0 Å². The van der Waals surface area contributed by atoms with Gasteiger partial charge >= 0.3 is 0 Å².